The van der Waals surface area contributed by atoms with E-state index in [0.717, 1.165) is 23.4 Å². The van der Waals surface area contributed by atoms with Gasteiger partial charge in [0, 0.05) is 37.5 Å². The second-order valence-electron chi connectivity index (χ2n) is 8.54. The molecule has 1 saturated heterocycles. The molecule has 0 aromatic heterocycles. The van der Waals surface area contributed by atoms with Crippen molar-refractivity contribution in [2.75, 3.05) is 25.5 Å². The monoisotopic (exact) mass is 419 g/mol. The van der Waals surface area contributed by atoms with Gasteiger partial charge in [-0.05, 0) is 45.7 Å². The van der Waals surface area contributed by atoms with Crippen LogP contribution in [0.2, 0.25) is 0 Å². The van der Waals surface area contributed by atoms with Gasteiger partial charge in [0.05, 0.1) is 10.9 Å². The number of para-hydroxylation sites is 1. The molecule has 3 amide bonds. The predicted molar refractivity (Wildman–Crippen MR) is 113 cm³/mol. The number of nitrogens with zero attached hydrogens (tertiary/aromatic N) is 2. The molecule has 1 N–H and O–H groups in total. The average Bonchev–Trinajstić information content (AvgIpc) is 3.09. The summed E-state index contributed by atoms with van der Waals surface area (Å²) in [5.74, 6) is -0.180. The first-order chi connectivity index (χ1) is 13.6. The molecule has 0 unspecified atom stereocenters. The Morgan fingerprint density at radius 1 is 1.31 bits per heavy atom. The molecule has 0 radical (unpaired) electrons. The predicted octanol–water partition coefficient (Wildman–Crippen LogP) is 3.35. The van der Waals surface area contributed by atoms with Crippen molar-refractivity contribution in [2.45, 2.75) is 61.8 Å². The van der Waals surface area contributed by atoms with Crippen LogP contribution in [0, 0.1) is 0 Å². The highest BCUT2D eigenvalue weighted by Crippen LogP contribution is 2.37. The first-order valence-electron chi connectivity index (χ1n) is 9.94. The van der Waals surface area contributed by atoms with Crippen LogP contribution in [0.1, 0.15) is 40.0 Å². The molecule has 0 saturated carbocycles. The minimum atomic E-state index is -0.557. The molecule has 7 nitrogen and oxygen atoms in total. The van der Waals surface area contributed by atoms with E-state index in [1.54, 1.807) is 7.05 Å². The molecule has 2 atom stereocenters. The minimum absolute atomic E-state index is 0.0443. The summed E-state index contributed by atoms with van der Waals surface area (Å²) < 4.78 is 5.40. The van der Waals surface area contributed by atoms with Crippen molar-refractivity contribution in [1.82, 2.24) is 9.80 Å². The smallest absolute Gasteiger partial charge is 0.410 e. The lowest BCUT2D eigenvalue weighted by Crippen LogP contribution is -2.46. The number of anilines is 1. The molecule has 2 heterocycles. The largest absolute Gasteiger partial charge is 0.444 e. The van der Waals surface area contributed by atoms with E-state index in [2.05, 4.69) is 5.32 Å². The minimum Gasteiger partial charge on any atom is -0.444 e. The Hall–Kier alpha value is -2.22. The van der Waals surface area contributed by atoms with Crippen molar-refractivity contribution >= 4 is 35.4 Å². The van der Waals surface area contributed by atoms with Crippen LogP contribution in [-0.2, 0) is 14.3 Å². The number of hydrogen-bond acceptors (Lipinski definition) is 5. The van der Waals surface area contributed by atoms with Crippen LogP contribution in [0.5, 0.6) is 0 Å². The van der Waals surface area contributed by atoms with Crippen molar-refractivity contribution in [3.63, 3.8) is 0 Å². The molecule has 29 heavy (non-hydrogen) atoms. The van der Waals surface area contributed by atoms with Crippen LogP contribution in [0.15, 0.2) is 29.2 Å². The van der Waals surface area contributed by atoms with Gasteiger partial charge >= 0.3 is 6.09 Å². The standard InChI is InChI=1S/C21H29N3O4S/c1-21(2,3)28-20(27)23(4)13-14-8-7-11-24(14)18(25)12-17-19(26)22-15-9-5-6-10-16(15)29-17/h5-6,9-10,14,17H,7-8,11-13H2,1-4H3,(H,22,26)/t14-,17+/m0/s1. The summed E-state index contributed by atoms with van der Waals surface area (Å²) in [4.78, 5) is 41.9. The van der Waals surface area contributed by atoms with Gasteiger partial charge < -0.3 is 19.9 Å². The number of rotatable bonds is 4. The quantitative estimate of drug-likeness (QED) is 0.810. The highest BCUT2D eigenvalue weighted by Gasteiger charge is 2.35. The third kappa shape index (κ3) is 5.44. The van der Waals surface area contributed by atoms with Gasteiger partial charge in [-0.3, -0.25) is 9.59 Å². The summed E-state index contributed by atoms with van der Waals surface area (Å²) in [5, 5.41) is 2.44. The highest BCUT2D eigenvalue weighted by molar-refractivity contribution is 8.01. The molecule has 1 aromatic carbocycles. The number of nitrogens with one attached hydrogen (secondary N) is 1. The molecule has 0 aliphatic carbocycles. The summed E-state index contributed by atoms with van der Waals surface area (Å²) in [7, 11) is 1.69. The van der Waals surface area contributed by atoms with Crippen molar-refractivity contribution in [3.8, 4) is 0 Å². The summed E-state index contributed by atoms with van der Waals surface area (Å²) in [6, 6.07) is 7.56. The van der Waals surface area contributed by atoms with Crippen molar-refractivity contribution < 1.29 is 19.1 Å². The Morgan fingerprint density at radius 2 is 2.03 bits per heavy atom. The van der Waals surface area contributed by atoms with Gasteiger partial charge in [-0.15, -0.1) is 11.8 Å². The maximum atomic E-state index is 13.0. The molecule has 2 aliphatic heterocycles. The van der Waals surface area contributed by atoms with Crippen LogP contribution in [0.3, 0.4) is 0 Å². The van der Waals surface area contributed by atoms with Gasteiger partial charge in [0.15, 0.2) is 0 Å². The zero-order valence-corrected chi connectivity index (χ0v) is 18.3. The maximum Gasteiger partial charge on any atom is 0.410 e. The Bertz CT molecular complexity index is 792. The third-order valence-electron chi connectivity index (χ3n) is 4.95. The molecule has 158 valence electrons. The average molecular weight is 420 g/mol. The van der Waals surface area contributed by atoms with E-state index in [1.165, 1.54) is 16.7 Å². The first-order valence-corrected chi connectivity index (χ1v) is 10.8. The van der Waals surface area contributed by atoms with Crippen molar-refractivity contribution in [3.05, 3.63) is 24.3 Å². The number of benzene rings is 1. The maximum absolute atomic E-state index is 13.0. The number of carbonyl (C=O) groups is 3. The summed E-state index contributed by atoms with van der Waals surface area (Å²) in [6.07, 6.45) is 1.49. The Morgan fingerprint density at radius 3 is 2.76 bits per heavy atom. The topological polar surface area (TPSA) is 79.0 Å². The van der Waals surface area contributed by atoms with Crippen molar-refractivity contribution in [1.29, 1.82) is 0 Å². The summed E-state index contributed by atoms with van der Waals surface area (Å²) in [5.41, 5.74) is 0.238. The van der Waals surface area contributed by atoms with Crippen molar-refractivity contribution in [2.24, 2.45) is 0 Å². The van der Waals surface area contributed by atoms with Gasteiger partial charge in [0.25, 0.3) is 0 Å². The Labute approximate surface area is 176 Å². The Balaban J connectivity index is 1.59. The lowest BCUT2D eigenvalue weighted by Gasteiger charge is -2.31. The number of carbonyl (C=O) groups excluding carboxylic acids is 3. The Kier molecular flexibility index (Phi) is 6.41. The third-order valence-corrected chi connectivity index (χ3v) is 6.23. The molecule has 1 fully saturated rings. The van der Waals surface area contributed by atoms with Gasteiger partial charge in [0.2, 0.25) is 11.8 Å². The van der Waals surface area contributed by atoms with E-state index >= 15 is 0 Å². The van der Waals surface area contributed by atoms with Gasteiger partial charge in [-0.1, -0.05) is 12.1 Å². The number of thioether (sulfide) groups is 1. The first kappa shape index (κ1) is 21.5. The van der Waals surface area contributed by atoms with Crippen LogP contribution in [0.4, 0.5) is 10.5 Å². The second-order valence-corrected chi connectivity index (χ2v) is 9.78. The van der Waals surface area contributed by atoms with E-state index in [-0.39, 0.29) is 24.3 Å². The number of fused-ring (bicyclic) bond motifs is 1. The van der Waals surface area contributed by atoms with Crippen LogP contribution in [-0.4, -0.2) is 64.7 Å². The van der Waals surface area contributed by atoms with Gasteiger partial charge in [0.1, 0.15) is 5.60 Å². The van der Waals surface area contributed by atoms with E-state index in [9.17, 15) is 14.4 Å². The number of amides is 3. The summed E-state index contributed by atoms with van der Waals surface area (Å²) in [6.45, 7) is 6.56. The lowest BCUT2D eigenvalue weighted by atomic mass is 10.2. The van der Waals surface area contributed by atoms with E-state index in [1.807, 2.05) is 49.9 Å². The molecule has 3 rings (SSSR count). The molecule has 1 aromatic rings. The highest BCUT2D eigenvalue weighted by atomic mass is 32.2. The molecule has 8 heteroatoms. The van der Waals surface area contributed by atoms with E-state index < -0.39 is 16.9 Å². The zero-order chi connectivity index (χ0) is 21.2. The fourth-order valence-corrected chi connectivity index (χ4v) is 4.69. The SMILES string of the molecule is CN(C[C@@H]1CCCN1C(=O)C[C@H]1Sc2ccccc2NC1=O)C(=O)OC(C)(C)C. The van der Waals surface area contributed by atoms with Gasteiger partial charge in [-0.2, -0.15) is 0 Å². The van der Waals surface area contributed by atoms with E-state index in [0.29, 0.717) is 13.1 Å². The lowest BCUT2D eigenvalue weighted by molar-refractivity contribution is -0.133. The number of likely N-dealkylation sites (tertiary alicyclic amines) is 1. The molecular weight excluding hydrogens is 390 g/mol. The second kappa shape index (κ2) is 8.65. The number of hydrogen-bond donors (Lipinski definition) is 1. The van der Waals surface area contributed by atoms with Crippen LogP contribution < -0.4 is 5.32 Å². The number of ether oxygens (including phenoxy) is 1. The zero-order valence-electron chi connectivity index (χ0n) is 17.4. The number of likely N-dealkylation sites (N-methyl/N-ethyl adjacent to an activating group) is 1. The fourth-order valence-electron chi connectivity index (χ4n) is 3.59. The molecule has 0 bridgehead atoms. The molecule has 0 spiro atoms. The summed E-state index contributed by atoms with van der Waals surface area (Å²) >= 11 is 1.43. The van der Waals surface area contributed by atoms with Crippen LogP contribution >= 0.6 is 11.8 Å². The molecular formula is C21H29N3O4S. The fraction of sp³-hybridized carbons (Fsp3) is 0.571. The normalized spacial score (nSPS) is 21.4. The molecule has 2 aliphatic rings. The van der Waals surface area contributed by atoms with Crippen LogP contribution in [0.25, 0.3) is 0 Å². The van der Waals surface area contributed by atoms with Gasteiger partial charge in [-0.25, -0.2) is 4.79 Å². The van der Waals surface area contributed by atoms with E-state index in [4.69, 9.17) is 4.74 Å².